The predicted molar refractivity (Wildman–Crippen MR) is 100 cm³/mol. The van der Waals surface area contributed by atoms with E-state index in [4.69, 9.17) is 28.0 Å². The van der Waals surface area contributed by atoms with E-state index >= 15 is 0 Å². The van der Waals surface area contributed by atoms with Crippen LogP contribution in [0.2, 0.25) is 10.0 Å². The zero-order chi connectivity index (χ0) is 17.4. The molecule has 2 rings (SSSR count). The van der Waals surface area contributed by atoms with Crippen LogP contribution in [0.3, 0.4) is 0 Å². The Morgan fingerprint density at radius 2 is 2.00 bits per heavy atom. The summed E-state index contributed by atoms with van der Waals surface area (Å²) < 4.78 is 0. The third-order valence-corrected chi connectivity index (χ3v) is 4.41. The summed E-state index contributed by atoms with van der Waals surface area (Å²) in [6, 6.07) is 13.0. The van der Waals surface area contributed by atoms with Gasteiger partial charge in [0.1, 0.15) is 0 Å². The van der Waals surface area contributed by atoms with Gasteiger partial charge in [-0.1, -0.05) is 46.6 Å². The molecular weight excluding hydrogens is 367 g/mol. The van der Waals surface area contributed by atoms with Crippen molar-refractivity contribution >= 4 is 47.1 Å². The summed E-state index contributed by atoms with van der Waals surface area (Å²) in [6.07, 6.45) is 3.58. The number of benzene rings is 2. The molecule has 0 aliphatic heterocycles. The van der Waals surface area contributed by atoms with Crippen molar-refractivity contribution in [3.63, 3.8) is 0 Å². The molecule has 1 N–H and O–H groups in total. The van der Waals surface area contributed by atoms with Crippen molar-refractivity contribution in [2.24, 2.45) is 5.16 Å². The number of thioether (sulfide) groups is 1. The average molecular weight is 383 g/mol. The largest absolute Gasteiger partial charge is 0.386 e. The number of nitrogens with zero attached hydrogens (tertiary/aromatic N) is 1. The van der Waals surface area contributed by atoms with Crippen LogP contribution < -0.4 is 5.32 Å². The van der Waals surface area contributed by atoms with Crippen LogP contribution in [0, 0.1) is 0 Å². The van der Waals surface area contributed by atoms with Crippen LogP contribution >= 0.6 is 35.0 Å². The van der Waals surface area contributed by atoms with E-state index in [1.54, 1.807) is 36.2 Å². The molecule has 2 aromatic carbocycles. The lowest BCUT2D eigenvalue weighted by atomic mass is 10.2. The highest BCUT2D eigenvalue weighted by atomic mass is 35.5. The van der Waals surface area contributed by atoms with Gasteiger partial charge < -0.3 is 10.2 Å². The Labute approximate surface area is 155 Å². The summed E-state index contributed by atoms with van der Waals surface area (Å²) in [5.74, 6) is -0.282. The monoisotopic (exact) mass is 382 g/mol. The van der Waals surface area contributed by atoms with Gasteiger partial charge in [-0.2, -0.15) is 0 Å². The average Bonchev–Trinajstić information content (AvgIpc) is 2.58. The van der Waals surface area contributed by atoms with Gasteiger partial charge in [-0.15, -0.1) is 11.8 Å². The number of hydrogen-bond donors (Lipinski definition) is 1. The van der Waals surface area contributed by atoms with Crippen LogP contribution in [-0.4, -0.2) is 25.0 Å². The normalized spacial score (nSPS) is 10.8. The Morgan fingerprint density at radius 3 is 2.67 bits per heavy atom. The number of halogens is 2. The predicted octanol–water partition coefficient (Wildman–Crippen LogP) is 4.38. The van der Waals surface area contributed by atoms with E-state index in [2.05, 4.69) is 10.5 Å². The Morgan fingerprint density at radius 1 is 1.25 bits per heavy atom. The molecule has 0 radical (unpaired) electrons. The quantitative estimate of drug-likeness (QED) is 0.439. The van der Waals surface area contributed by atoms with Crippen LogP contribution in [0.1, 0.15) is 11.1 Å². The van der Waals surface area contributed by atoms with Crippen LogP contribution in [0.4, 0.5) is 0 Å². The molecule has 4 nitrogen and oxygen atoms in total. The van der Waals surface area contributed by atoms with Gasteiger partial charge in [-0.05, 0) is 41.6 Å². The van der Waals surface area contributed by atoms with E-state index in [0.717, 1.165) is 11.1 Å². The number of carbonyl (C=O) groups excluding carboxylic acids is 1. The highest BCUT2D eigenvalue weighted by Gasteiger charge is 2.05. The van der Waals surface area contributed by atoms with E-state index in [-0.39, 0.29) is 12.5 Å². The summed E-state index contributed by atoms with van der Waals surface area (Å²) >= 11 is 13.5. The van der Waals surface area contributed by atoms with Crippen molar-refractivity contribution in [2.45, 2.75) is 11.4 Å². The minimum atomic E-state index is -0.282. The van der Waals surface area contributed by atoms with Gasteiger partial charge in [0, 0.05) is 21.5 Å². The first kappa shape index (κ1) is 18.6. The molecule has 0 bridgehead atoms. The fourth-order valence-corrected chi connectivity index (χ4v) is 2.68. The molecule has 0 fully saturated rings. The number of oxime groups is 1. The molecule has 0 aliphatic rings. The molecule has 0 unspecified atom stereocenters. The molecule has 0 saturated carbocycles. The number of nitrogens with one attached hydrogen (secondary N) is 1. The van der Waals surface area contributed by atoms with Crippen molar-refractivity contribution < 1.29 is 9.63 Å². The minimum absolute atomic E-state index is 0.162. The van der Waals surface area contributed by atoms with Crippen molar-refractivity contribution in [3.05, 3.63) is 63.6 Å². The van der Waals surface area contributed by atoms with Crippen molar-refractivity contribution in [2.75, 3.05) is 12.9 Å². The highest BCUT2D eigenvalue weighted by Crippen LogP contribution is 2.20. The van der Waals surface area contributed by atoms with E-state index in [1.165, 1.54) is 4.90 Å². The highest BCUT2D eigenvalue weighted by molar-refractivity contribution is 7.98. The summed E-state index contributed by atoms with van der Waals surface area (Å²) in [4.78, 5) is 17.9. The molecule has 0 heterocycles. The molecule has 0 spiro atoms. The van der Waals surface area contributed by atoms with Gasteiger partial charge in [0.2, 0.25) is 0 Å². The Hall–Kier alpha value is -1.69. The first-order valence-corrected chi connectivity index (χ1v) is 9.06. The molecule has 7 heteroatoms. The minimum Gasteiger partial charge on any atom is -0.386 e. The maximum absolute atomic E-state index is 11.7. The van der Waals surface area contributed by atoms with E-state index < -0.39 is 0 Å². The maximum Gasteiger partial charge on any atom is 0.261 e. The van der Waals surface area contributed by atoms with Gasteiger partial charge in [-0.25, -0.2) is 0 Å². The van der Waals surface area contributed by atoms with Gasteiger partial charge in [-0.3, -0.25) is 4.79 Å². The van der Waals surface area contributed by atoms with Gasteiger partial charge in [0.15, 0.2) is 6.61 Å². The maximum atomic E-state index is 11.7. The van der Waals surface area contributed by atoms with Gasteiger partial charge in [0.25, 0.3) is 5.91 Å². The van der Waals surface area contributed by atoms with E-state index in [1.807, 2.05) is 30.5 Å². The fourth-order valence-electron chi connectivity index (χ4n) is 1.79. The van der Waals surface area contributed by atoms with Crippen LogP contribution in [-0.2, 0) is 16.2 Å². The van der Waals surface area contributed by atoms with Crippen LogP contribution in [0.15, 0.2) is 52.5 Å². The standard InChI is InChI=1S/C17H16Cl2N2O2S/c1-24-15-6-2-12(3-7-15)9-21-23-11-17(22)20-10-13-4-5-14(18)8-16(13)19/h2-9H,10-11H2,1H3,(H,20,22). The molecule has 0 atom stereocenters. The summed E-state index contributed by atoms with van der Waals surface area (Å²) in [6.45, 7) is 0.142. The van der Waals surface area contributed by atoms with Gasteiger partial charge >= 0.3 is 0 Å². The summed E-state index contributed by atoms with van der Waals surface area (Å²) in [5, 5.41) is 7.55. The number of rotatable bonds is 7. The first-order valence-electron chi connectivity index (χ1n) is 7.08. The first-order chi connectivity index (χ1) is 11.6. The lowest BCUT2D eigenvalue weighted by Crippen LogP contribution is -2.26. The van der Waals surface area contributed by atoms with Crippen LogP contribution in [0.5, 0.6) is 0 Å². The summed E-state index contributed by atoms with van der Waals surface area (Å²) in [7, 11) is 0. The molecular formula is C17H16Cl2N2O2S. The van der Waals surface area contributed by atoms with E-state index in [0.29, 0.717) is 16.6 Å². The lowest BCUT2D eigenvalue weighted by Gasteiger charge is -2.06. The number of hydrogen-bond acceptors (Lipinski definition) is 4. The Kier molecular flexibility index (Phi) is 7.43. The topological polar surface area (TPSA) is 50.7 Å². The third kappa shape index (κ3) is 6.07. The number of carbonyl (C=O) groups is 1. The second-order valence-electron chi connectivity index (χ2n) is 4.79. The fraction of sp³-hybridized carbons (Fsp3) is 0.176. The smallest absolute Gasteiger partial charge is 0.261 e. The van der Waals surface area contributed by atoms with E-state index in [9.17, 15) is 4.79 Å². The zero-order valence-corrected chi connectivity index (χ0v) is 15.3. The van der Waals surface area contributed by atoms with Crippen LogP contribution in [0.25, 0.3) is 0 Å². The van der Waals surface area contributed by atoms with Crippen molar-refractivity contribution in [1.82, 2.24) is 5.32 Å². The van der Waals surface area contributed by atoms with Crippen molar-refractivity contribution in [1.29, 1.82) is 0 Å². The van der Waals surface area contributed by atoms with Gasteiger partial charge in [0.05, 0.1) is 6.21 Å². The lowest BCUT2D eigenvalue weighted by molar-refractivity contribution is -0.125. The molecule has 1 amide bonds. The molecule has 0 aromatic heterocycles. The molecule has 24 heavy (non-hydrogen) atoms. The number of amides is 1. The Balaban J connectivity index is 1.73. The zero-order valence-electron chi connectivity index (χ0n) is 13.0. The molecule has 0 aliphatic carbocycles. The molecule has 2 aromatic rings. The SMILES string of the molecule is CSc1ccc(C=NOCC(=O)NCc2ccc(Cl)cc2Cl)cc1. The Bertz CT molecular complexity index is 721. The molecule has 0 saturated heterocycles. The summed E-state index contributed by atoms with van der Waals surface area (Å²) in [5.41, 5.74) is 1.69. The second-order valence-corrected chi connectivity index (χ2v) is 6.52. The second kappa shape index (κ2) is 9.57. The third-order valence-electron chi connectivity index (χ3n) is 3.08. The van der Waals surface area contributed by atoms with Crippen molar-refractivity contribution in [3.8, 4) is 0 Å². The molecule has 126 valence electrons.